The Hall–Kier alpha value is -1.74. The maximum atomic E-state index is 13.1. The summed E-state index contributed by atoms with van der Waals surface area (Å²) in [6, 6.07) is 5.49. The van der Waals surface area contributed by atoms with Crippen molar-refractivity contribution >= 4 is 32.4 Å². The summed E-state index contributed by atoms with van der Waals surface area (Å²) in [6.45, 7) is 2.56. The second-order valence-electron chi connectivity index (χ2n) is 5.87. The van der Waals surface area contributed by atoms with E-state index < -0.39 is 10.0 Å². The molecule has 0 saturated carbocycles. The van der Waals surface area contributed by atoms with E-state index in [2.05, 4.69) is 9.97 Å². The van der Waals surface area contributed by atoms with E-state index in [1.165, 1.54) is 10.5 Å². The van der Waals surface area contributed by atoms with Gasteiger partial charge in [0, 0.05) is 30.9 Å². The summed E-state index contributed by atoms with van der Waals surface area (Å²) in [5.41, 5.74) is 1.60. The Labute approximate surface area is 144 Å². The van der Waals surface area contributed by atoms with Crippen LogP contribution in [0.2, 0.25) is 0 Å². The molecule has 1 aliphatic heterocycles. The van der Waals surface area contributed by atoms with Crippen molar-refractivity contribution in [2.24, 2.45) is 0 Å². The molecular weight excluding hydrogens is 346 g/mol. The Balaban J connectivity index is 1.71. The second-order valence-corrected chi connectivity index (χ2v) is 8.55. The highest BCUT2D eigenvalue weighted by molar-refractivity contribution is 7.89. The van der Waals surface area contributed by atoms with Crippen LogP contribution in [-0.2, 0) is 14.8 Å². The van der Waals surface area contributed by atoms with Crippen LogP contribution in [-0.4, -0.2) is 41.9 Å². The van der Waals surface area contributed by atoms with Crippen molar-refractivity contribution in [2.45, 2.75) is 24.0 Å². The lowest BCUT2D eigenvalue weighted by Crippen LogP contribution is -2.45. The van der Waals surface area contributed by atoms with E-state index in [1.807, 2.05) is 23.8 Å². The number of nitrogens with zero attached hydrogens (tertiary/aromatic N) is 2. The molecule has 0 spiro atoms. The normalized spacial score (nSPS) is 22.9. The van der Waals surface area contributed by atoms with Crippen LogP contribution < -0.4 is 0 Å². The summed E-state index contributed by atoms with van der Waals surface area (Å²) < 4.78 is 33.8. The van der Waals surface area contributed by atoms with Crippen molar-refractivity contribution in [1.29, 1.82) is 0 Å². The van der Waals surface area contributed by atoms with Crippen LogP contribution >= 0.6 is 11.3 Å². The number of fused-ring (bicyclic) bond motifs is 1. The standard InChI is InChI=1S/C16H17N3O3S2/c1-11-8-19(9-14(22-11)12-4-6-23-10-12)24(20,21)15-7-18-16-13(15)3-2-5-17-16/h2-7,10-11,14H,8-9H2,1H3,(H,17,18). The highest BCUT2D eigenvalue weighted by Gasteiger charge is 2.35. The summed E-state index contributed by atoms with van der Waals surface area (Å²) in [5, 5.41) is 4.59. The Morgan fingerprint density at radius 1 is 1.38 bits per heavy atom. The molecule has 1 fully saturated rings. The third-order valence-electron chi connectivity index (χ3n) is 4.17. The minimum absolute atomic E-state index is 0.165. The van der Waals surface area contributed by atoms with Gasteiger partial charge in [-0.3, -0.25) is 0 Å². The molecule has 0 aliphatic carbocycles. The highest BCUT2D eigenvalue weighted by atomic mass is 32.2. The van der Waals surface area contributed by atoms with Gasteiger partial charge in [0.15, 0.2) is 0 Å². The molecular formula is C16H17N3O3S2. The van der Waals surface area contributed by atoms with E-state index in [-0.39, 0.29) is 17.1 Å². The first-order valence-electron chi connectivity index (χ1n) is 7.65. The van der Waals surface area contributed by atoms with Gasteiger partial charge in [-0.05, 0) is 41.4 Å². The van der Waals surface area contributed by atoms with Crippen molar-refractivity contribution in [3.05, 3.63) is 46.9 Å². The number of pyridine rings is 1. The van der Waals surface area contributed by atoms with Gasteiger partial charge in [0.05, 0.1) is 12.2 Å². The molecule has 6 nitrogen and oxygen atoms in total. The van der Waals surface area contributed by atoms with Gasteiger partial charge in [-0.1, -0.05) is 0 Å². The largest absolute Gasteiger partial charge is 0.368 e. The number of nitrogens with one attached hydrogen (secondary N) is 1. The Bertz CT molecular complexity index is 950. The minimum Gasteiger partial charge on any atom is -0.368 e. The van der Waals surface area contributed by atoms with E-state index in [0.717, 1.165) is 5.56 Å². The van der Waals surface area contributed by atoms with Crippen LogP contribution in [0, 0.1) is 0 Å². The predicted molar refractivity (Wildman–Crippen MR) is 92.5 cm³/mol. The summed E-state index contributed by atoms with van der Waals surface area (Å²) in [6.07, 6.45) is 2.76. The molecule has 8 heteroatoms. The van der Waals surface area contributed by atoms with Crippen LogP contribution in [0.3, 0.4) is 0 Å². The monoisotopic (exact) mass is 363 g/mol. The highest BCUT2D eigenvalue weighted by Crippen LogP contribution is 2.32. The zero-order chi connectivity index (χ0) is 16.7. The molecule has 126 valence electrons. The maximum absolute atomic E-state index is 13.1. The summed E-state index contributed by atoms with van der Waals surface area (Å²) in [4.78, 5) is 7.37. The number of morpholine rings is 1. The molecule has 3 aromatic heterocycles. The molecule has 3 aromatic rings. The number of H-pyrrole nitrogens is 1. The van der Waals surface area contributed by atoms with Crippen molar-refractivity contribution in [3.8, 4) is 0 Å². The Morgan fingerprint density at radius 3 is 3.04 bits per heavy atom. The van der Waals surface area contributed by atoms with Gasteiger partial charge in [-0.15, -0.1) is 0 Å². The first-order chi connectivity index (χ1) is 11.6. The molecule has 2 atom stereocenters. The number of ether oxygens (including phenoxy) is 1. The number of aromatic amines is 1. The summed E-state index contributed by atoms with van der Waals surface area (Å²) in [7, 11) is -3.62. The fraction of sp³-hybridized carbons (Fsp3) is 0.312. The van der Waals surface area contributed by atoms with E-state index in [4.69, 9.17) is 4.74 Å². The third-order valence-corrected chi connectivity index (χ3v) is 6.75. The number of sulfonamides is 1. The molecule has 0 bridgehead atoms. The number of rotatable bonds is 3. The summed E-state index contributed by atoms with van der Waals surface area (Å²) >= 11 is 1.58. The van der Waals surface area contributed by atoms with E-state index in [1.54, 1.807) is 29.7 Å². The first-order valence-corrected chi connectivity index (χ1v) is 10.0. The first kappa shape index (κ1) is 15.8. The SMILES string of the molecule is CC1CN(S(=O)(=O)c2c[nH]c3ncccc23)CC(c2ccsc2)O1. The molecule has 0 aromatic carbocycles. The van der Waals surface area contributed by atoms with E-state index in [0.29, 0.717) is 24.1 Å². The zero-order valence-corrected chi connectivity index (χ0v) is 14.7. The predicted octanol–water partition coefficient (Wildman–Crippen LogP) is 2.78. The second kappa shape index (κ2) is 5.96. The number of hydrogen-bond acceptors (Lipinski definition) is 5. The van der Waals surface area contributed by atoms with Crippen LogP contribution in [0.25, 0.3) is 11.0 Å². The molecule has 2 unspecified atom stereocenters. The van der Waals surface area contributed by atoms with Gasteiger partial charge in [-0.25, -0.2) is 13.4 Å². The fourth-order valence-electron chi connectivity index (χ4n) is 3.03. The number of thiophene rings is 1. The lowest BCUT2D eigenvalue weighted by atomic mass is 10.1. The molecule has 4 heterocycles. The molecule has 1 aliphatic rings. The van der Waals surface area contributed by atoms with Crippen LogP contribution in [0.1, 0.15) is 18.6 Å². The van der Waals surface area contributed by atoms with Gasteiger partial charge in [0.25, 0.3) is 0 Å². The van der Waals surface area contributed by atoms with Crippen LogP contribution in [0.5, 0.6) is 0 Å². The van der Waals surface area contributed by atoms with Gasteiger partial charge in [0.1, 0.15) is 10.5 Å². The lowest BCUT2D eigenvalue weighted by Gasteiger charge is -2.35. The average molecular weight is 363 g/mol. The van der Waals surface area contributed by atoms with Crippen molar-refractivity contribution < 1.29 is 13.2 Å². The molecule has 1 N–H and O–H groups in total. The summed E-state index contributed by atoms with van der Waals surface area (Å²) in [5.74, 6) is 0. The number of hydrogen-bond donors (Lipinski definition) is 1. The van der Waals surface area contributed by atoms with Gasteiger partial charge in [-0.2, -0.15) is 15.6 Å². The van der Waals surface area contributed by atoms with Crippen LogP contribution in [0.4, 0.5) is 0 Å². The Kier molecular flexibility index (Phi) is 3.92. The van der Waals surface area contributed by atoms with E-state index in [9.17, 15) is 8.42 Å². The van der Waals surface area contributed by atoms with E-state index >= 15 is 0 Å². The zero-order valence-electron chi connectivity index (χ0n) is 13.0. The topological polar surface area (TPSA) is 75.3 Å². The van der Waals surface area contributed by atoms with Crippen molar-refractivity contribution in [1.82, 2.24) is 14.3 Å². The molecule has 1 saturated heterocycles. The smallest absolute Gasteiger partial charge is 0.245 e. The number of aromatic nitrogens is 2. The minimum atomic E-state index is -3.62. The van der Waals surface area contributed by atoms with Crippen LogP contribution in [0.15, 0.2) is 46.2 Å². The molecule has 0 amide bonds. The quantitative estimate of drug-likeness (QED) is 0.776. The van der Waals surface area contributed by atoms with Gasteiger partial charge < -0.3 is 9.72 Å². The lowest BCUT2D eigenvalue weighted by molar-refractivity contribution is -0.0555. The molecule has 4 rings (SSSR count). The van der Waals surface area contributed by atoms with Gasteiger partial charge >= 0.3 is 0 Å². The van der Waals surface area contributed by atoms with Gasteiger partial charge in [0.2, 0.25) is 10.0 Å². The average Bonchev–Trinajstić information content (AvgIpc) is 3.24. The third kappa shape index (κ3) is 2.65. The van der Waals surface area contributed by atoms with Crippen molar-refractivity contribution in [2.75, 3.05) is 13.1 Å². The fourth-order valence-corrected chi connectivity index (χ4v) is 5.40. The maximum Gasteiger partial charge on any atom is 0.245 e. The van der Waals surface area contributed by atoms with Crippen molar-refractivity contribution in [3.63, 3.8) is 0 Å². The molecule has 24 heavy (non-hydrogen) atoms. The molecule has 0 radical (unpaired) electrons. The Morgan fingerprint density at radius 2 is 2.25 bits per heavy atom.